The lowest BCUT2D eigenvalue weighted by Crippen LogP contribution is -2.38. The molecule has 4 amide bonds. The van der Waals surface area contributed by atoms with E-state index in [-0.39, 0.29) is 86.0 Å². The summed E-state index contributed by atoms with van der Waals surface area (Å²) < 4.78 is 33.3. The minimum Gasteiger partial charge on any atom is -0.493 e. The smallest absolute Gasteiger partial charge is 0.411 e. The molecule has 0 aromatic heterocycles. The van der Waals surface area contributed by atoms with E-state index in [1.165, 1.54) is 50.6 Å². The van der Waals surface area contributed by atoms with Gasteiger partial charge in [0.15, 0.2) is 23.0 Å². The van der Waals surface area contributed by atoms with Gasteiger partial charge < -0.3 is 48.4 Å². The Hall–Kier alpha value is -5.48. The maximum absolute atomic E-state index is 13.6. The van der Waals surface area contributed by atoms with Crippen LogP contribution in [0.15, 0.2) is 49.6 Å². The number of ether oxygens (including phenoxy) is 6. The van der Waals surface area contributed by atoms with Crippen LogP contribution in [0.3, 0.4) is 0 Å². The fourth-order valence-corrected chi connectivity index (χ4v) is 6.43. The van der Waals surface area contributed by atoms with Gasteiger partial charge in [-0.3, -0.25) is 20.2 Å². The lowest BCUT2D eigenvalue weighted by molar-refractivity contribution is 0.0672. The summed E-state index contributed by atoms with van der Waals surface area (Å²) in [4.78, 5) is 55.3. The van der Waals surface area contributed by atoms with Crippen LogP contribution in [0.25, 0.3) is 0 Å². The van der Waals surface area contributed by atoms with Gasteiger partial charge in [0.1, 0.15) is 13.2 Å². The molecule has 2 aromatic rings. The van der Waals surface area contributed by atoms with Crippen molar-refractivity contribution >= 4 is 35.4 Å². The second-order valence-corrected chi connectivity index (χ2v) is 12.8. The molecule has 2 atom stereocenters. The van der Waals surface area contributed by atoms with Gasteiger partial charge in [0.05, 0.1) is 75.2 Å². The van der Waals surface area contributed by atoms with Gasteiger partial charge in [0, 0.05) is 25.2 Å². The average Bonchev–Trinajstić information content (AvgIpc) is 3.88. The number of unbranched alkanes of at least 4 members (excludes halogenated alkanes) is 2. The fraction of sp³-hybridized carbons (Fsp3) is 0.487. The molecule has 2 aliphatic heterocycles. The third-order valence-corrected chi connectivity index (χ3v) is 9.21. The molecule has 16 nitrogen and oxygen atoms in total. The highest BCUT2D eigenvalue weighted by atomic mass is 16.6. The summed E-state index contributed by atoms with van der Waals surface area (Å²) in [5.41, 5.74) is 0.681. The number of carbonyl (C=O) groups excluding carboxylic acids is 4. The first-order valence-corrected chi connectivity index (χ1v) is 18.3. The van der Waals surface area contributed by atoms with E-state index in [0.717, 1.165) is 12.8 Å². The number of nitrogens with one attached hydrogen (secondary N) is 2. The molecule has 2 fully saturated rings. The molecule has 16 heteroatoms. The van der Waals surface area contributed by atoms with Crippen LogP contribution >= 0.6 is 0 Å². The number of methoxy groups -OCH3 is 2. The summed E-state index contributed by atoms with van der Waals surface area (Å²) in [5, 5.41) is 24.8. The number of carbonyl (C=O) groups is 4. The Morgan fingerprint density at radius 2 is 1.11 bits per heavy atom. The van der Waals surface area contributed by atoms with E-state index in [2.05, 4.69) is 23.8 Å². The number of aliphatic hydroxyl groups excluding tert-OH is 2. The second kappa shape index (κ2) is 21.4. The van der Waals surface area contributed by atoms with Crippen molar-refractivity contribution in [2.24, 2.45) is 0 Å². The van der Waals surface area contributed by atoms with Crippen LogP contribution < -0.4 is 29.6 Å². The summed E-state index contributed by atoms with van der Waals surface area (Å²) in [7, 11) is 2.90. The number of rotatable bonds is 20. The Morgan fingerprint density at radius 1 is 0.691 bits per heavy atom. The van der Waals surface area contributed by atoms with Crippen molar-refractivity contribution in [3.8, 4) is 23.0 Å². The van der Waals surface area contributed by atoms with E-state index in [4.69, 9.17) is 28.4 Å². The molecule has 2 aliphatic rings. The molecule has 300 valence electrons. The largest absolute Gasteiger partial charge is 0.493 e. The Morgan fingerprint density at radius 3 is 1.47 bits per heavy atom. The van der Waals surface area contributed by atoms with E-state index in [9.17, 15) is 29.4 Å². The van der Waals surface area contributed by atoms with Crippen molar-refractivity contribution in [3.05, 3.63) is 60.7 Å². The molecule has 0 radical (unpaired) electrons. The van der Waals surface area contributed by atoms with Crippen LogP contribution in [0.2, 0.25) is 0 Å². The highest BCUT2D eigenvalue weighted by Crippen LogP contribution is 2.37. The van der Waals surface area contributed by atoms with Gasteiger partial charge in [-0.2, -0.15) is 0 Å². The summed E-state index contributed by atoms with van der Waals surface area (Å²) in [6, 6.07) is 5.39. The molecule has 0 unspecified atom stereocenters. The van der Waals surface area contributed by atoms with Gasteiger partial charge in [-0.15, -0.1) is 0 Å². The van der Waals surface area contributed by atoms with Crippen LogP contribution in [0.1, 0.15) is 65.7 Å². The number of nitrogens with zero attached hydrogens (tertiary/aromatic N) is 2. The number of hydrogen-bond acceptors (Lipinski definition) is 12. The van der Waals surface area contributed by atoms with Gasteiger partial charge >= 0.3 is 12.2 Å². The predicted octanol–water partition coefficient (Wildman–Crippen LogP) is 4.99. The van der Waals surface area contributed by atoms with Crippen molar-refractivity contribution in [3.63, 3.8) is 0 Å². The zero-order chi connectivity index (χ0) is 39.7. The number of anilines is 2. The third-order valence-electron chi connectivity index (χ3n) is 9.21. The van der Waals surface area contributed by atoms with E-state index in [1.807, 2.05) is 0 Å². The monoisotopic (exact) mass is 768 g/mol. The average molecular weight is 769 g/mol. The normalized spacial score (nSPS) is 16.2. The molecule has 4 rings (SSSR count). The van der Waals surface area contributed by atoms with Gasteiger partial charge in [0.25, 0.3) is 11.8 Å². The Bertz CT molecular complexity index is 1550. The summed E-state index contributed by atoms with van der Waals surface area (Å²) in [5.74, 6) is 0.464. The van der Waals surface area contributed by atoms with Crippen LogP contribution in [0.5, 0.6) is 23.0 Å². The number of amides is 4. The topological polar surface area (TPSA) is 195 Å². The van der Waals surface area contributed by atoms with E-state index in [1.54, 1.807) is 9.80 Å². The van der Waals surface area contributed by atoms with Crippen LogP contribution in [-0.4, -0.2) is 123 Å². The quantitative estimate of drug-likeness (QED) is 0.104. The zero-order valence-corrected chi connectivity index (χ0v) is 31.5. The van der Waals surface area contributed by atoms with E-state index >= 15 is 0 Å². The first kappa shape index (κ1) is 42.3. The highest BCUT2D eigenvalue weighted by Gasteiger charge is 2.33. The minimum absolute atomic E-state index is 0.0256. The Balaban J connectivity index is 1.40. The van der Waals surface area contributed by atoms with Crippen LogP contribution in [0, 0.1) is 0 Å². The van der Waals surface area contributed by atoms with Gasteiger partial charge in [-0.25, -0.2) is 9.59 Å². The third kappa shape index (κ3) is 11.3. The Labute approximate surface area is 320 Å². The molecule has 0 aliphatic carbocycles. The number of benzene rings is 2. The van der Waals surface area contributed by atoms with Crippen molar-refractivity contribution in [1.29, 1.82) is 0 Å². The molecular weight excluding hydrogens is 716 g/mol. The van der Waals surface area contributed by atoms with Crippen molar-refractivity contribution in [2.75, 3.05) is 77.6 Å². The Kier molecular flexibility index (Phi) is 16.5. The number of hydrogen-bond donors (Lipinski definition) is 4. The molecule has 2 aromatic carbocycles. The second-order valence-electron chi connectivity index (χ2n) is 12.8. The summed E-state index contributed by atoms with van der Waals surface area (Å²) in [6.45, 7) is 8.19. The van der Waals surface area contributed by atoms with Crippen molar-refractivity contribution in [1.82, 2.24) is 9.80 Å². The molecule has 0 saturated carbocycles. The fourth-order valence-electron chi connectivity index (χ4n) is 6.43. The molecule has 2 heterocycles. The van der Waals surface area contributed by atoms with Gasteiger partial charge in [-0.05, 0) is 57.1 Å². The lowest BCUT2D eigenvalue weighted by Gasteiger charge is -2.25. The van der Waals surface area contributed by atoms with E-state index in [0.29, 0.717) is 68.2 Å². The maximum atomic E-state index is 13.6. The first-order valence-electron chi connectivity index (χ1n) is 18.3. The zero-order valence-electron chi connectivity index (χ0n) is 31.5. The SMILES string of the molecule is C=CCOC(=O)Nc1cc(OCCCCCOc2cc(NC(=O)OCC=C)c(C(=O)N3CCC[C@H]3CO)cc2OC)c(OC)cc1C(=O)N1CCC[C@H]1CO. The summed E-state index contributed by atoms with van der Waals surface area (Å²) in [6.07, 6.45) is 6.05. The van der Waals surface area contributed by atoms with Crippen molar-refractivity contribution < 1.29 is 57.8 Å². The maximum Gasteiger partial charge on any atom is 0.411 e. The minimum atomic E-state index is -0.777. The number of aliphatic hydroxyl groups is 2. The lowest BCUT2D eigenvalue weighted by atomic mass is 10.1. The molecule has 0 bridgehead atoms. The molecule has 55 heavy (non-hydrogen) atoms. The van der Waals surface area contributed by atoms with E-state index < -0.39 is 12.2 Å². The van der Waals surface area contributed by atoms with Gasteiger partial charge in [0.2, 0.25) is 0 Å². The molecule has 0 spiro atoms. The number of likely N-dealkylation sites (tertiary alicyclic amines) is 2. The summed E-state index contributed by atoms with van der Waals surface area (Å²) >= 11 is 0. The van der Waals surface area contributed by atoms with Gasteiger partial charge in [-0.1, -0.05) is 25.3 Å². The van der Waals surface area contributed by atoms with Crippen molar-refractivity contribution in [2.45, 2.75) is 57.0 Å². The predicted molar refractivity (Wildman–Crippen MR) is 203 cm³/mol. The van der Waals surface area contributed by atoms with Crippen LogP contribution in [0.4, 0.5) is 21.0 Å². The van der Waals surface area contributed by atoms with Crippen LogP contribution in [-0.2, 0) is 9.47 Å². The standard InChI is InChI=1S/C39H52N4O12/c1-5-16-54-38(48)40-30-22-34(32(50-3)20-28(30)36(46)42-14-10-12-26(42)24-44)52-18-8-7-9-19-53-35-23-31(41-39(49)55-17-6-2)29(21-33(35)51-4)37(47)43-15-11-13-27(43)25-45/h5-6,20-23,26-27,44-45H,1-2,7-19,24-25H2,3-4H3,(H,40,48)(H,41,49)/t26-,27-/m0/s1. The highest BCUT2D eigenvalue weighted by molar-refractivity contribution is 6.04. The molecule has 4 N–H and O–H groups in total. The molecule has 2 saturated heterocycles. The molecular formula is C39H52N4O12. The first-order chi connectivity index (χ1) is 26.7.